The van der Waals surface area contributed by atoms with Crippen LogP contribution in [0.1, 0.15) is 27.0 Å². The van der Waals surface area contributed by atoms with Gasteiger partial charge < -0.3 is 10.1 Å². The van der Waals surface area contributed by atoms with Crippen molar-refractivity contribution in [3.8, 4) is 11.6 Å². The molecule has 0 spiro atoms. The number of hydrogen-bond donors (Lipinski definition) is 1. The Labute approximate surface area is 190 Å². The zero-order valence-electron chi connectivity index (χ0n) is 18.0. The Morgan fingerprint density at radius 3 is 2.48 bits per heavy atom. The Bertz CT molecular complexity index is 1330. The van der Waals surface area contributed by atoms with E-state index in [4.69, 9.17) is 4.74 Å². The monoisotopic (exact) mass is 443 g/mol. The van der Waals surface area contributed by atoms with E-state index in [0.29, 0.717) is 29.3 Å². The van der Waals surface area contributed by atoms with Gasteiger partial charge in [0.2, 0.25) is 5.88 Å². The van der Waals surface area contributed by atoms with E-state index in [1.54, 1.807) is 36.4 Å². The number of carbonyl (C=O) groups excluding carboxylic acids is 1. The number of benzene rings is 3. The minimum Gasteiger partial charge on any atom is -0.472 e. The van der Waals surface area contributed by atoms with Gasteiger partial charge >= 0.3 is 0 Å². The van der Waals surface area contributed by atoms with Gasteiger partial charge in [0, 0.05) is 24.2 Å². The molecule has 0 saturated carbocycles. The van der Waals surface area contributed by atoms with Crippen molar-refractivity contribution in [1.82, 2.24) is 15.1 Å². The van der Waals surface area contributed by atoms with E-state index >= 15 is 0 Å². The lowest BCUT2D eigenvalue weighted by Crippen LogP contribution is -2.23. The summed E-state index contributed by atoms with van der Waals surface area (Å²) >= 11 is 0. The molecule has 0 atom stereocenters. The van der Waals surface area contributed by atoms with Crippen LogP contribution in [0.4, 0.5) is 4.39 Å². The quantitative estimate of drug-likeness (QED) is 0.465. The third-order valence-electron chi connectivity index (χ3n) is 4.96. The van der Waals surface area contributed by atoms with Crippen molar-refractivity contribution in [3.63, 3.8) is 0 Å². The molecular weight excluding hydrogens is 421 g/mol. The molecule has 166 valence electrons. The summed E-state index contributed by atoms with van der Waals surface area (Å²) in [6.45, 7) is 2.55. The molecule has 1 amide bonds. The van der Waals surface area contributed by atoms with Crippen molar-refractivity contribution < 1.29 is 13.9 Å². The third-order valence-corrected chi connectivity index (χ3v) is 4.96. The summed E-state index contributed by atoms with van der Waals surface area (Å²) in [4.78, 5) is 24.7. The summed E-state index contributed by atoms with van der Waals surface area (Å²) in [6.07, 6.45) is 0. The maximum Gasteiger partial charge on any atom is 0.271 e. The lowest BCUT2D eigenvalue weighted by Gasteiger charge is -2.10. The van der Waals surface area contributed by atoms with Gasteiger partial charge in [0.05, 0.1) is 5.69 Å². The molecule has 33 heavy (non-hydrogen) atoms. The standard InChI is InChI=1S/C26H22FN3O3/c1-18-4-2-6-20(14-18)17-33-24-12-13-25(31)30(29-24)23-10-8-21(9-11-23)26(32)28-16-19-5-3-7-22(27)15-19/h2-15H,16-17H2,1H3,(H,28,32). The molecular formula is C26H22FN3O3. The molecule has 0 saturated heterocycles. The Morgan fingerprint density at radius 1 is 0.970 bits per heavy atom. The van der Waals surface area contributed by atoms with Gasteiger partial charge in [-0.3, -0.25) is 9.59 Å². The topological polar surface area (TPSA) is 73.2 Å². The zero-order chi connectivity index (χ0) is 23.2. The van der Waals surface area contributed by atoms with Crippen LogP contribution in [0.25, 0.3) is 5.69 Å². The van der Waals surface area contributed by atoms with Crippen LogP contribution in [0.15, 0.2) is 89.7 Å². The van der Waals surface area contributed by atoms with Gasteiger partial charge in [-0.1, -0.05) is 42.0 Å². The van der Waals surface area contributed by atoms with Crippen LogP contribution in [-0.4, -0.2) is 15.7 Å². The van der Waals surface area contributed by atoms with Crippen molar-refractivity contribution >= 4 is 5.91 Å². The fourth-order valence-electron chi connectivity index (χ4n) is 3.30. The predicted octanol–water partition coefficient (Wildman–Crippen LogP) is 4.19. The van der Waals surface area contributed by atoms with Crippen molar-refractivity contribution in [2.75, 3.05) is 0 Å². The molecule has 4 rings (SSSR count). The first-order valence-corrected chi connectivity index (χ1v) is 10.4. The van der Waals surface area contributed by atoms with Crippen LogP contribution in [0.5, 0.6) is 5.88 Å². The minimum atomic E-state index is -0.353. The summed E-state index contributed by atoms with van der Waals surface area (Å²) in [7, 11) is 0. The number of ether oxygens (including phenoxy) is 1. The van der Waals surface area contributed by atoms with Gasteiger partial charge in [-0.2, -0.15) is 4.68 Å². The molecule has 0 bridgehead atoms. The van der Waals surface area contributed by atoms with Crippen molar-refractivity contribution in [3.05, 3.63) is 123 Å². The molecule has 0 unspecified atom stereocenters. The van der Waals surface area contributed by atoms with Crippen LogP contribution in [0, 0.1) is 12.7 Å². The van der Waals surface area contributed by atoms with Crippen molar-refractivity contribution in [1.29, 1.82) is 0 Å². The highest BCUT2D eigenvalue weighted by atomic mass is 19.1. The van der Waals surface area contributed by atoms with E-state index in [-0.39, 0.29) is 23.8 Å². The molecule has 0 aliphatic heterocycles. The second kappa shape index (κ2) is 9.91. The molecule has 7 heteroatoms. The Morgan fingerprint density at radius 2 is 1.73 bits per heavy atom. The summed E-state index contributed by atoms with van der Waals surface area (Å²) in [5, 5.41) is 7.03. The molecule has 1 aromatic heterocycles. The highest BCUT2D eigenvalue weighted by Crippen LogP contribution is 2.12. The second-order valence-electron chi connectivity index (χ2n) is 7.56. The molecule has 0 radical (unpaired) electrons. The van der Waals surface area contributed by atoms with Gasteiger partial charge in [-0.15, -0.1) is 5.10 Å². The molecule has 1 N–H and O–H groups in total. The highest BCUT2D eigenvalue weighted by molar-refractivity contribution is 5.94. The van der Waals surface area contributed by atoms with E-state index in [1.807, 2.05) is 31.2 Å². The number of amides is 1. The number of nitrogens with one attached hydrogen (secondary N) is 1. The van der Waals surface area contributed by atoms with E-state index in [9.17, 15) is 14.0 Å². The average molecular weight is 443 g/mol. The van der Waals surface area contributed by atoms with Gasteiger partial charge in [0.15, 0.2) is 0 Å². The fourth-order valence-corrected chi connectivity index (χ4v) is 3.30. The predicted molar refractivity (Wildman–Crippen MR) is 123 cm³/mol. The molecule has 0 fully saturated rings. The summed E-state index contributed by atoms with van der Waals surface area (Å²) < 4.78 is 20.2. The Balaban J connectivity index is 1.43. The first-order chi connectivity index (χ1) is 16.0. The van der Waals surface area contributed by atoms with Crippen molar-refractivity contribution in [2.45, 2.75) is 20.1 Å². The number of aryl methyl sites for hydroxylation is 1. The van der Waals surface area contributed by atoms with Crippen LogP contribution in [0.3, 0.4) is 0 Å². The minimum absolute atomic E-state index is 0.208. The number of hydrogen-bond acceptors (Lipinski definition) is 4. The molecule has 4 aromatic rings. The maximum absolute atomic E-state index is 13.3. The lowest BCUT2D eigenvalue weighted by atomic mass is 10.1. The fraction of sp³-hybridized carbons (Fsp3) is 0.115. The summed E-state index contributed by atoms with van der Waals surface area (Å²) in [5.41, 5.74) is 3.40. The van der Waals surface area contributed by atoms with E-state index < -0.39 is 0 Å². The number of rotatable bonds is 7. The smallest absolute Gasteiger partial charge is 0.271 e. The largest absolute Gasteiger partial charge is 0.472 e. The van der Waals surface area contributed by atoms with Gasteiger partial charge in [-0.25, -0.2) is 4.39 Å². The molecule has 3 aromatic carbocycles. The van der Waals surface area contributed by atoms with E-state index in [0.717, 1.165) is 11.1 Å². The number of aromatic nitrogens is 2. The van der Waals surface area contributed by atoms with Crippen LogP contribution in [-0.2, 0) is 13.2 Å². The zero-order valence-corrected chi connectivity index (χ0v) is 18.0. The summed E-state index contributed by atoms with van der Waals surface area (Å²) in [5.74, 6) is -0.344. The van der Waals surface area contributed by atoms with Crippen molar-refractivity contribution in [2.24, 2.45) is 0 Å². The van der Waals surface area contributed by atoms with E-state index in [2.05, 4.69) is 10.4 Å². The van der Waals surface area contributed by atoms with Crippen LogP contribution < -0.4 is 15.6 Å². The molecule has 1 heterocycles. The molecule has 6 nitrogen and oxygen atoms in total. The van der Waals surface area contributed by atoms with Gasteiger partial charge in [0.1, 0.15) is 12.4 Å². The molecule has 0 aliphatic carbocycles. The molecule has 0 aliphatic rings. The van der Waals surface area contributed by atoms with Gasteiger partial charge in [0.25, 0.3) is 11.5 Å². The van der Waals surface area contributed by atoms with Gasteiger partial charge in [-0.05, 0) is 54.4 Å². The first-order valence-electron chi connectivity index (χ1n) is 10.4. The number of nitrogens with zero attached hydrogens (tertiary/aromatic N) is 2. The normalized spacial score (nSPS) is 10.6. The van der Waals surface area contributed by atoms with Crippen LogP contribution in [0.2, 0.25) is 0 Å². The number of halogens is 1. The highest BCUT2D eigenvalue weighted by Gasteiger charge is 2.09. The first kappa shape index (κ1) is 22.0. The van der Waals surface area contributed by atoms with Crippen LogP contribution >= 0.6 is 0 Å². The average Bonchev–Trinajstić information content (AvgIpc) is 2.82. The second-order valence-corrected chi connectivity index (χ2v) is 7.56. The maximum atomic E-state index is 13.3. The third kappa shape index (κ3) is 5.71. The summed E-state index contributed by atoms with van der Waals surface area (Å²) in [6, 6.07) is 23.4. The van der Waals surface area contributed by atoms with E-state index in [1.165, 1.54) is 28.9 Å². The lowest BCUT2D eigenvalue weighted by molar-refractivity contribution is 0.0951. The Hall–Kier alpha value is -4.26. The Kier molecular flexibility index (Phi) is 6.59. The number of carbonyl (C=O) groups is 1. The SMILES string of the molecule is Cc1cccc(COc2ccc(=O)n(-c3ccc(C(=O)NCc4cccc(F)c4)cc3)n2)c1.